The van der Waals surface area contributed by atoms with E-state index in [9.17, 15) is 4.79 Å². The Morgan fingerprint density at radius 3 is 2.82 bits per heavy atom. The van der Waals surface area contributed by atoms with Crippen LogP contribution in [0, 0.1) is 11.8 Å². The van der Waals surface area contributed by atoms with Gasteiger partial charge in [0, 0.05) is 18.7 Å². The number of aryl methyl sites for hydroxylation is 1. The number of hydrogen-bond acceptors (Lipinski definition) is 2. The van der Waals surface area contributed by atoms with Crippen LogP contribution < -0.4 is 11.1 Å². The maximum atomic E-state index is 11.9. The fourth-order valence-corrected chi connectivity index (χ4v) is 3.34. The molecule has 0 saturated heterocycles. The molecule has 0 aromatic heterocycles. The summed E-state index contributed by atoms with van der Waals surface area (Å²) in [5.74, 6) is 1.81. The first-order valence-electron chi connectivity index (χ1n) is 8.25. The molecule has 3 N–H and O–H groups in total. The number of amides is 1. The molecule has 1 amide bonds. The SMILES string of the molecule is CC1CCCC(CCNC(=O)CCc2ccccc2N)C1.Cl. The molecule has 4 heteroatoms. The number of nitrogens with two attached hydrogens (primary N) is 1. The van der Waals surface area contributed by atoms with Gasteiger partial charge in [0.25, 0.3) is 0 Å². The number of carbonyl (C=O) groups is 1. The summed E-state index contributed by atoms with van der Waals surface area (Å²) in [6, 6.07) is 7.77. The number of carbonyl (C=O) groups excluding carboxylic acids is 1. The van der Waals surface area contributed by atoms with Crippen molar-refractivity contribution in [3.05, 3.63) is 29.8 Å². The van der Waals surface area contributed by atoms with Crippen molar-refractivity contribution in [2.75, 3.05) is 12.3 Å². The zero-order chi connectivity index (χ0) is 15.1. The van der Waals surface area contributed by atoms with Crippen LogP contribution in [0.3, 0.4) is 0 Å². The van der Waals surface area contributed by atoms with E-state index in [-0.39, 0.29) is 18.3 Å². The minimum absolute atomic E-state index is 0. The van der Waals surface area contributed by atoms with Gasteiger partial charge in [-0.25, -0.2) is 0 Å². The van der Waals surface area contributed by atoms with E-state index in [1.54, 1.807) is 0 Å². The van der Waals surface area contributed by atoms with Crippen LogP contribution in [0.25, 0.3) is 0 Å². The van der Waals surface area contributed by atoms with Gasteiger partial charge >= 0.3 is 0 Å². The third kappa shape index (κ3) is 6.27. The second-order valence-electron chi connectivity index (χ2n) is 6.48. The van der Waals surface area contributed by atoms with Crippen LogP contribution in [-0.2, 0) is 11.2 Å². The summed E-state index contributed by atoms with van der Waals surface area (Å²) < 4.78 is 0. The second kappa shape index (κ2) is 9.73. The number of rotatable bonds is 6. The van der Waals surface area contributed by atoms with Gasteiger partial charge < -0.3 is 11.1 Å². The third-order valence-electron chi connectivity index (χ3n) is 4.60. The smallest absolute Gasteiger partial charge is 0.220 e. The zero-order valence-corrected chi connectivity index (χ0v) is 14.3. The van der Waals surface area contributed by atoms with Crippen molar-refractivity contribution in [1.82, 2.24) is 5.32 Å². The molecule has 1 aliphatic rings. The largest absolute Gasteiger partial charge is 0.399 e. The van der Waals surface area contributed by atoms with E-state index in [2.05, 4.69) is 12.2 Å². The molecule has 2 rings (SSSR count). The molecule has 2 atom stereocenters. The molecule has 0 spiro atoms. The topological polar surface area (TPSA) is 55.1 Å². The van der Waals surface area contributed by atoms with Crippen LogP contribution in [0.2, 0.25) is 0 Å². The monoisotopic (exact) mass is 324 g/mol. The Labute approximate surface area is 140 Å². The summed E-state index contributed by atoms with van der Waals surface area (Å²) in [6.45, 7) is 3.16. The quantitative estimate of drug-likeness (QED) is 0.778. The van der Waals surface area contributed by atoms with E-state index in [0.717, 1.165) is 42.5 Å². The molecule has 0 bridgehead atoms. The lowest BCUT2D eigenvalue weighted by Crippen LogP contribution is -2.27. The highest BCUT2D eigenvalue weighted by molar-refractivity contribution is 5.85. The van der Waals surface area contributed by atoms with Crippen molar-refractivity contribution >= 4 is 24.0 Å². The van der Waals surface area contributed by atoms with Gasteiger partial charge in [0.05, 0.1) is 0 Å². The summed E-state index contributed by atoms with van der Waals surface area (Å²) in [6.07, 6.45) is 7.77. The van der Waals surface area contributed by atoms with Crippen LogP contribution in [0.1, 0.15) is 51.0 Å². The fraction of sp³-hybridized carbons (Fsp3) is 0.611. The highest BCUT2D eigenvalue weighted by atomic mass is 35.5. The van der Waals surface area contributed by atoms with Crippen LogP contribution >= 0.6 is 12.4 Å². The minimum atomic E-state index is 0. The zero-order valence-electron chi connectivity index (χ0n) is 13.5. The van der Waals surface area contributed by atoms with Gasteiger partial charge in [0.1, 0.15) is 0 Å². The Hall–Kier alpha value is -1.22. The molecule has 2 unspecified atom stereocenters. The minimum Gasteiger partial charge on any atom is -0.399 e. The van der Waals surface area contributed by atoms with Crippen molar-refractivity contribution in [1.29, 1.82) is 0 Å². The van der Waals surface area contributed by atoms with Crippen molar-refractivity contribution in [2.45, 2.75) is 51.9 Å². The van der Waals surface area contributed by atoms with Gasteiger partial charge in [0.2, 0.25) is 5.91 Å². The molecule has 1 aromatic rings. The lowest BCUT2D eigenvalue weighted by Gasteiger charge is -2.26. The van der Waals surface area contributed by atoms with Crippen molar-refractivity contribution < 1.29 is 4.79 Å². The predicted molar refractivity (Wildman–Crippen MR) is 95.2 cm³/mol. The number of benzene rings is 1. The molecule has 22 heavy (non-hydrogen) atoms. The van der Waals surface area contributed by atoms with E-state index in [1.807, 2.05) is 24.3 Å². The Kier molecular flexibility index (Phi) is 8.32. The molecule has 1 fully saturated rings. The highest BCUT2D eigenvalue weighted by Gasteiger charge is 2.18. The number of nitrogen functional groups attached to an aromatic ring is 1. The van der Waals surface area contributed by atoms with E-state index < -0.39 is 0 Å². The number of nitrogens with one attached hydrogen (secondary N) is 1. The average Bonchev–Trinajstić information content (AvgIpc) is 2.46. The molecule has 1 saturated carbocycles. The van der Waals surface area contributed by atoms with Gasteiger partial charge in [0.15, 0.2) is 0 Å². The first-order chi connectivity index (χ1) is 10.1. The summed E-state index contributed by atoms with van der Waals surface area (Å²) >= 11 is 0. The van der Waals surface area contributed by atoms with Gasteiger partial charge in [-0.3, -0.25) is 4.79 Å². The lowest BCUT2D eigenvalue weighted by molar-refractivity contribution is -0.121. The first-order valence-corrected chi connectivity index (χ1v) is 8.25. The summed E-state index contributed by atoms with van der Waals surface area (Å²) in [4.78, 5) is 11.9. The lowest BCUT2D eigenvalue weighted by atomic mass is 9.81. The van der Waals surface area contributed by atoms with Crippen molar-refractivity contribution in [3.63, 3.8) is 0 Å². The fourth-order valence-electron chi connectivity index (χ4n) is 3.34. The number of anilines is 1. The standard InChI is InChI=1S/C18H28N2O.ClH/c1-14-5-4-6-15(13-14)11-12-20-18(21)10-9-16-7-2-3-8-17(16)19;/h2-3,7-8,14-15H,4-6,9-13,19H2,1H3,(H,20,21);1H. The molecule has 1 aliphatic carbocycles. The Bertz CT molecular complexity index is 464. The van der Waals surface area contributed by atoms with Gasteiger partial charge in [-0.05, 0) is 42.7 Å². The number of halogens is 1. The normalized spacial score (nSPS) is 21.0. The Morgan fingerprint density at radius 2 is 2.09 bits per heavy atom. The molecule has 1 aromatic carbocycles. The van der Waals surface area contributed by atoms with Crippen molar-refractivity contribution in [3.8, 4) is 0 Å². The Balaban J connectivity index is 0.00000242. The summed E-state index contributed by atoms with van der Waals surface area (Å²) in [7, 11) is 0. The Morgan fingerprint density at radius 1 is 1.32 bits per heavy atom. The van der Waals surface area contributed by atoms with Crippen LogP contribution in [0.4, 0.5) is 5.69 Å². The molecule has 0 aliphatic heterocycles. The third-order valence-corrected chi connectivity index (χ3v) is 4.60. The van der Waals surface area contributed by atoms with E-state index in [1.165, 1.54) is 25.7 Å². The highest BCUT2D eigenvalue weighted by Crippen LogP contribution is 2.30. The molecule has 0 heterocycles. The molecule has 0 radical (unpaired) electrons. The van der Waals surface area contributed by atoms with E-state index >= 15 is 0 Å². The number of para-hydroxylation sites is 1. The summed E-state index contributed by atoms with van der Waals surface area (Å²) in [5, 5.41) is 3.05. The van der Waals surface area contributed by atoms with Crippen LogP contribution in [-0.4, -0.2) is 12.5 Å². The van der Waals surface area contributed by atoms with Crippen LogP contribution in [0.5, 0.6) is 0 Å². The van der Waals surface area contributed by atoms with Gasteiger partial charge in [-0.2, -0.15) is 0 Å². The molecule has 3 nitrogen and oxygen atoms in total. The van der Waals surface area contributed by atoms with Crippen molar-refractivity contribution in [2.24, 2.45) is 11.8 Å². The van der Waals surface area contributed by atoms with E-state index in [0.29, 0.717) is 6.42 Å². The van der Waals surface area contributed by atoms with Crippen LogP contribution in [0.15, 0.2) is 24.3 Å². The molecular formula is C18H29ClN2O. The summed E-state index contributed by atoms with van der Waals surface area (Å²) in [5.41, 5.74) is 7.73. The predicted octanol–water partition coefficient (Wildman–Crippen LogP) is 3.96. The van der Waals surface area contributed by atoms with E-state index in [4.69, 9.17) is 5.73 Å². The molecular weight excluding hydrogens is 296 g/mol. The average molecular weight is 325 g/mol. The van der Waals surface area contributed by atoms with Gasteiger partial charge in [-0.15, -0.1) is 12.4 Å². The second-order valence-corrected chi connectivity index (χ2v) is 6.48. The maximum Gasteiger partial charge on any atom is 0.220 e. The first kappa shape index (κ1) is 18.8. The van der Waals surface area contributed by atoms with Gasteiger partial charge in [-0.1, -0.05) is 44.4 Å². The number of hydrogen-bond donors (Lipinski definition) is 2. The molecule has 124 valence electrons. The maximum absolute atomic E-state index is 11.9.